The van der Waals surface area contributed by atoms with Crippen molar-refractivity contribution < 1.29 is 27.9 Å². The first kappa shape index (κ1) is 24.0. The molecule has 4 atom stereocenters. The van der Waals surface area contributed by atoms with E-state index in [0.29, 0.717) is 25.7 Å². The molecule has 3 fully saturated rings. The molecule has 0 aromatic carbocycles. The van der Waals surface area contributed by atoms with Crippen LogP contribution in [-0.4, -0.2) is 66.1 Å². The summed E-state index contributed by atoms with van der Waals surface area (Å²) in [5.41, 5.74) is -1.26. The summed E-state index contributed by atoms with van der Waals surface area (Å²) >= 11 is 0. The number of carbonyl (C=O) groups is 3. The van der Waals surface area contributed by atoms with Gasteiger partial charge in [0.05, 0.1) is 11.4 Å². The highest BCUT2D eigenvalue weighted by atomic mass is 32.2. The maximum absolute atomic E-state index is 13.0. The number of amides is 3. The molecule has 10 heteroatoms. The van der Waals surface area contributed by atoms with Crippen molar-refractivity contribution in [2.24, 2.45) is 5.92 Å². The fourth-order valence-corrected chi connectivity index (χ4v) is 5.90. The van der Waals surface area contributed by atoms with Gasteiger partial charge in [-0.25, -0.2) is 8.42 Å². The van der Waals surface area contributed by atoms with Crippen molar-refractivity contribution in [3.05, 3.63) is 0 Å². The smallest absolute Gasteiger partial charge is 0.259 e. The number of rotatable bonds is 13. The molecule has 0 aromatic rings. The van der Waals surface area contributed by atoms with Crippen molar-refractivity contribution >= 4 is 28.2 Å². The maximum Gasteiger partial charge on any atom is 0.259 e. The third-order valence-electron chi connectivity index (χ3n) is 6.72. The summed E-state index contributed by atoms with van der Waals surface area (Å²) < 4.78 is 26.8. The first-order valence-electron chi connectivity index (χ1n) is 11.5. The molecule has 1 aliphatic heterocycles. The lowest BCUT2D eigenvalue weighted by Crippen LogP contribution is -2.56. The minimum absolute atomic E-state index is 0.0675. The lowest BCUT2D eigenvalue weighted by Gasteiger charge is -2.24. The molecule has 176 valence electrons. The lowest BCUT2D eigenvalue weighted by molar-refractivity contribution is -0.134. The second-order valence-electron chi connectivity index (χ2n) is 9.30. The van der Waals surface area contributed by atoms with E-state index in [1.807, 2.05) is 0 Å². The van der Waals surface area contributed by atoms with Gasteiger partial charge in [0, 0.05) is 13.0 Å². The van der Waals surface area contributed by atoms with Gasteiger partial charge in [0.1, 0.15) is 11.6 Å². The second-order valence-corrected chi connectivity index (χ2v) is 11.3. The molecule has 3 N–H and O–H groups in total. The molecule has 31 heavy (non-hydrogen) atoms. The Balaban J connectivity index is 1.63. The van der Waals surface area contributed by atoms with Crippen LogP contribution in [0.3, 0.4) is 0 Å². The van der Waals surface area contributed by atoms with Crippen LogP contribution < -0.4 is 10.0 Å². The number of β-amino-alcohol motifs (C(OH)–C–C–N with tert-alkyl or cyclic N) is 1. The highest BCUT2D eigenvalue weighted by molar-refractivity contribution is 7.91. The van der Waals surface area contributed by atoms with Crippen molar-refractivity contribution in [3.63, 3.8) is 0 Å². The third kappa shape index (κ3) is 5.77. The van der Waals surface area contributed by atoms with Gasteiger partial charge >= 0.3 is 0 Å². The van der Waals surface area contributed by atoms with Crippen molar-refractivity contribution in [1.29, 1.82) is 0 Å². The van der Waals surface area contributed by atoms with Gasteiger partial charge in [-0.2, -0.15) is 0 Å². The molecule has 1 saturated heterocycles. The Labute approximate surface area is 184 Å². The Bertz CT molecular complexity index is 784. The Morgan fingerprint density at radius 3 is 2.48 bits per heavy atom. The van der Waals surface area contributed by atoms with Gasteiger partial charge in [0.25, 0.3) is 5.91 Å². The number of hydrogen-bond acceptors (Lipinski definition) is 6. The van der Waals surface area contributed by atoms with Crippen LogP contribution in [0.5, 0.6) is 0 Å². The average Bonchev–Trinajstić information content (AvgIpc) is 3.63. The Hall–Kier alpha value is -1.68. The van der Waals surface area contributed by atoms with E-state index in [0.717, 1.165) is 25.7 Å². The zero-order valence-electron chi connectivity index (χ0n) is 18.2. The summed E-state index contributed by atoms with van der Waals surface area (Å²) in [6.45, 7) is 2.22. The van der Waals surface area contributed by atoms with Crippen molar-refractivity contribution in [2.75, 3.05) is 6.54 Å². The quantitative estimate of drug-likeness (QED) is 0.277. The summed E-state index contributed by atoms with van der Waals surface area (Å²) in [4.78, 5) is 38.3. The monoisotopic (exact) mass is 457 g/mol. The van der Waals surface area contributed by atoms with E-state index < -0.39 is 44.8 Å². The number of unbranched alkanes of at least 4 members (excludes halogenated alkanes) is 5. The van der Waals surface area contributed by atoms with Crippen LogP contribution in [0.2, 0.25) is 0 Å². The number of aliphatic hydroxyl groups is 1. The van der Waals surface area contributed by atoms with E-state index in [4.69, 9.17) is 0 Å². The van der Waals surface area contributed by atoms with Crippen LogP contribution in [-0.2, 0) is 24.4 Å². The van der Waals surface area contributed by atoms with E-state index in [1.165, 1.54) is 24.2 Å². The molecule has 2 saturated carbocycles. The Morgan fingerprint density at radius 2 is 1.84 bits per heavy atom. The molecule has 9 nitrogen and oxygen atoms in total. The molecular weight excluding hydrogens is 422 g/mol. The van der Waals surface area contributed by atoms with Crippen molar-refractivity contribution in [1.82, 2.24) is 14.9 Å². The molecule has 2 aliphatic carbocycles. The van der Waals surface area contributed by atoms with Gasteiger partial charge in [-0.15, -0.1) is 0 Å². The highest BCUT2D eigenvalue weighted by Crippen LogP contribution is 2.48. The summed E-state index contributed by atoms with van der Waals surface area (Å²) in [7, 11) is -3.72. The Kier molecular flexibility index (Phi) is 7.62. The summed E-state index contributed by atoms with van der Waals surface area (Å²) in [5.74, 6) is -1.33. The number of nitrogens with one attached hydrogen (secondary N) is 2. The van der Waals surface area contributed by atoms with E-state index in [1.54, 1.807) is 0 Å². The molecule has 3 aliphatic rings. The van der Waals surface area contributed by atoms with Crippen molar-refractivity contribution in [2.45, 2.75) is 100 Å². The first-order valence-corrected chi connectivity index (χ1v) is 13.1. The van der Waals surface area contributed by atoms with Gasteiger partial charge in [0.2, 0.25) is 22.3 Å². The summed E-state index contributed by atoms with van der Waals surface area (Å²) in [6, 6.07) is -0.854. The maximum atomic E-state index is 13.0. The predicted molar refractivity (Wildman–Crippen MR) is 114 cm³/mol. The fourth-order valence-electron chi connectivity index (χ4n) is 4.53. The number of likely N-dealkylation sites (tertiary alicyclic amines) is 1. The van der Waals surface area contributed by atoms with Crippen molar-refractivity contribution in [3.8, 4) is 0 Å². The number of nitrogens with zero attached hydrogens (tertiary/aromatic N) is 1. The number of sulfonamides is 1. The van der Waals surface area contributed by atoms with Gasteiger partial charge < -0.3 is 15.3 Å². The van der Waals surface area contributed by atoms with Gasteiger partial charge in [0.15, 0.2) is 0 Å². The fraction of sp³-hybridized carbons (Fsp3) is 0.857. The molecule has 3 rings (SSSR count). The molecule has 0 unspecified atom stereocenters. The van der Waals surface area contributed by atoms with Crippen LogP contribution >= 0.6 is 0 Å². The number of aliphatic hydroxyl groups excluding tert-OH is 1. The minimum Gasteiger partial charge on any atom is -0.391 e. The third-order valence-corrected chi connectivity index (χ3v) is 8.54. The second kappa shape index (κ2) is 9.85. The normalized spacial score (nSPS) is 30.1. The van der Waals surface area contributed by atoms with Crippen LogP contribution in [0.4, 0.5) is 0 Å². The van der Waals surface area contributed by atoms with Gasteiger partial charge in [-0.05, 0) is 31.6 Å². The number of hydrogen-bond donors (Lipinski definition) is 3. The summed E-state index contributed by atoms with van der Waals surface area (Å²) in [6.07, 6.45) is 8.64. The topological polar surface area (TPSA) is 133 Å². The molecule has 3 amide bonds. The summed E-state index contributed by atoms with van der Waals surface area (Å²) in [5, 5.41) is 12.0. The average molecular weight is 458 g/mol. The van der Waals surface area contributed by atoms with Crippen LogP contribution in [0.25, 0.3) is 0 Å². The number of carbonyl (C=O) groups excluding carboxylic acids is 3. The SMILES string of the molecule is CCCCCCCC[C@@H]1C[C@]1(NC(=O)[C@@H]1C[C@@H](O)CN1C=O)C(=O)NS(=O)(=O)C1CC1. The molecular formula is C21H35N3O6S. The molecule has 0 spiro atoms. The standard InChI is InChI=1S/C21H35N3O6S/c1-2-3-4-5-6-7-8-15-12-21(15,20(28)23-31(29,30)17-9-10-17)22-19(27)18-11-16(26)13-24(18)14-25/h14-18,26H,2-13H2,1H3,(H,22,27)(H,23,28)/t15-,16-,18+,21-/m1/s1. The lowest BCUT2D eigenvalue weighted by atomic mass is 10.0. The van der Waals surface area contributed by atoms with Gasteiger partial charge in [-0.1, -0.05) is 45.4 Å². The molecule has 0 radical (unpaired) electrons. The molecule has 1 heterocycles. The molecule has 0 bridgehead atoms. The van der Waals surface area contributed by atoms with Crippen LogP contribution in [0.1, 0.15) is 77.6 Å². The molecule has 0 aromatic heterocycles. The van der Waals surface area contributed by atoms with Gasteiger partial charge in [-0.3, -0.25) is 19.1 Å². The minimum atomic E-state index is -3.72. The Morgan fingerprint density at radius 1 is 1.16 bits per heavy atom. The van der Waals surface area contributed by atoms with E-state index in [9.17, 15) is 27.9 Å². The first-order chi connectivity index (χ1) is 14.7. The zero-order valence-corrected chi connectivity index (χ0v) is 19.0. The highest BCUT2D eigenvalue weighted by Gasteiger charge is 2.62. The largest absolute Gasteiger partial charge is 0.391 e. The predicted octanol–water partition coefficient (Wildman–Crippen LogP) is 0.812. The van der Waals surface area contributed by atoms with Crippen LogP contribution in [0.15, 0.2) is 0 Å². The van der Waals surface area contributed by atoms with Crippen LogP contribution in [0, 0.1) is 5.92 Å². The van der Waals surface area contributed by atoms with E-state index in [2.05, 4.69) is 17.0 Å². The zero-order chi connectivity index (χ0) is 22.6. The van der Waals surface area contributed by atoms with E-state index >= 15 is 0 Å². The van der Waals surface area contributed by atoms with E-state index in [-0.39, 0.29) is 18.9 Å².